The number of aromatic nitrogens is 3. The fraction of sp³-hybridized carbons (Fsp3) is 0.190. The summed E-state index contributed by atoms with van der Waals surface area (Å²) in [7, 11) is 4.06. The van der Waals surface area contributed by atoms with Gasteiger partial charge in [0.15, 0.2) is 0 Å². The molecule has 1 N–H and O–H groups in total. The van der Waals surface area contributed by atoms with E-state index in [0.717, 1.165) is 27.4 Å². The highest BCUT2D eigenvalue weighted by atomic mass is 32.1. The van der Waals surface area contributed by atoms with Crippen molar-refractivity contribution in [2.24, 2.45) is 0 Å². The van der Waals surface area contributed by atoms with E-state index in [0.29, 0.717) is 13.1 Å². The molecule has 0 aliphatic heterocycles. The molecule has 1 aromatic carbocycles. The maximum Gasteiger partial charge on any atom is 0.146 e. The van der Waals surface area contributed by atoms with Gasteiger partial charge in [0.1, 0.15) is 16.5 Å². The zero-order valence-electron chi connectivity index (χ0n) is 15.4. The Morgan fingerprint density at radius 2 is 1.89 bits per heavy atom. The molecule has 136 valence electrons. The number of benzene rings is 1. The van der Waals surface area contributed by atoms with Crippen LogP contribution >= 0.6 is 11.3 Å². The molecule has 3 aromatic heterocycles. The van der Waals surface area contributed by atoms with Crippen LogP contribution in [0.2, 0.25) is 0 Å². The molecule has 0 fully saturated rings. The highest BCUT2D eigenvalue weighted by Gasteiger charge is 2.15. The molecule has 0 aliphatic rings. The van der Waals surface area contributed by atoms with E-state index in [1.54, 1.807) is 17.5 Å². The van der Waals surface area contributed by atoms with Crippen molar-refractivity contribution in [3.8, 4) is 11.1 Å². The average Bonchev–Trinajstić information content (AvgIpc) is 3.11. The number of fused-ring (bicyclic) bond motifs is 1. The molecule has 0 saturated carbocycles. The first-order chi connectivity index (χ1) is 13.2. The van der Waals surface area contributed by atoms with E-state index in [-0.39, 0.29) is 0 Å². The Morgan fingerprint density at radius 1 is 1.04 bits per heavy atom. The lowest BCUT2D eigenvalue weighted by atomic mass is 10.1. The lowest BCUT2D eigenvalue weighted by molar-refractivity contribution is 0.391. The quantitative estimate of drug-likeness (QED) is 0.540. The average molecular weight is 376 g/mol. The van der Waals surface area contributed by atoms with Crippen LogP contribution in [0.15, 0.2) is 60.2 Å². The van der Waals surface area contributed by atoms with Crippen molar-refractivity contribution in [1.29, 1.82) is 0 Å². The third-order valence-electron chi connectivity index (χ3n) is 4.21. The summed E-state index contributed by atoms with van der Waals surface area (Å²) in [6.07, 6.45) is 3.66. The van der Waals surface area contributed by atoms with Gasteiger partial charge in [-0.05, 0) is 31.3 Å². The largest absolute Gasteiger partial charge is 0.365 e. The Morgan fingerprint density at radius 3 is 2.63 bits per heavy atom. The summed E-state index contributed by atoms with van der Waals surface area (Å²) in [5, 5.41) is 6.76. The van der Waals surface area contributed by atoms with E-state index < -0.39 is 0 Å². The van der Waals surface area contributed by atoms with Gasteiger partial charge in [0.2, 0.25) is 0 Å². The van der Waals surface area contributed by atoms with Crippen LogP contribution in [0.3, 0.4) is 0 Å². The number of hydrogen-bond donors (Lipinski definition) is 1. The molecule has 0 bridgehead atoms. The highest BCUT2D eigenvalue weighted by molar-refractivity contribution is 7.17. The molecule has 4 rings (SSSR count). The molecule has 0 amide bonds. The molecule has 0 radical (unpaired) electrons. The maximum absolute atomic E-state index is 4.84. The number of pyridine rings is 1. The first-order valence-corrected chi connectivity index (χ1v) is 9.69. The van der Waals surface area contributed by atoms with Gasteiger partial charge in [-0.2, -0.15) is 0 Å². The van der Waals surface area contributed by atoms with Gasteiger partial charge in [0, 0.05) is 29.9 Å². The van der Waals surface area contributed by atoms with Crippen LogP contribution in [0.25, 0.3) is 21.3 Å². The SMILES string of the molecule is CN(C)Cc1nc(NCc2cccnc2)c2c(-c3ccccc3)csc2n1. The van der Waals surface area contributed by atoms with Crippen LogP contribution in [0, 0.1) is 0 Å². The van der Waals surface area contributed by atoms with Crippen LogP contribution in [0.1, 0.15) is 11.4 Å². The third kappa shape index (κ3) is 3.97. The van der Waals surface area contributed by atoms with Gasteiger partial charge in [-0.15, -0.1) is 11.3 Å². The first-order valence-electron chi connectivity index (χ1n) is 8.82. The van der Waals surface area contributed by atoms with Crippen LogP contribution in [0.5, 0.6) is 0 Å². The Labute approximate surface area is 162 Å². The lowest BCUT2D eigenvalue weighted by Crippen LogP contribution is -2.14. The van der Waals surface area contributed by atoms with Gasteiger partial charge >= 0.3 is 0 Å². The standard InChI is InChI=1S/C21H21N5S/c1-26(2)13-18-24-20(23-12-15-7-6-10-22-11-15)19-17(14-27-21(19)25-18)16-8-4-3-5-9-16/h3-11,14H,12-13H2,1-2H3,(H,23,24,25). The molecule has 0 aliphatic carbocycles. The Bertz CT molecular complexity index is 1030. The second-order valence-electron chi connectivity index (χ2n) is 6.64. The van der Waals surface area contributed by atoms with E-state index in [4.69, 9.17) is 9.97 Å². The molecule has 27 heavy (non-hydrogen) atoms. The minimum absolute atomic E-state index is 0.672. The van der Waals surface area contributed by atoms with Crippen molar-refractivity contribution < 1.29 is 0 Å². The Balaban J connectivity index is 1.78. The fourth-order valence-corrected chi connectivity index (χ4v) is 3.95. The lowest BCUT2D eigenvalue weighted by Gasteiger charge is -2.13. The smallest absolute Gasteiger partial charge is 0.146 e. The monoisotopic (exact) mass is 375 g/mol. The summed E-state index contributed by atoms with van der Waals surface area (Å²) in [5.74, 6) is 1.70. The Hall–Kier alpha value is -2.83. The molecular formula is C21H21N5S. The van der Waals surface area contributed by atoms with Gasteiger partial charge < -0.3 is 10.2 Å². The van der Waals surface area contributed by atoms with Crippen LogP contribution in [-0.4, -0.2) is 33.9 Å². The zero-order valence-corrected chi connectivity index (χ0v) is 16.2. The van der Waals surface area contributed by atoms with Gasteiger partial charge in [-0.1, -0.05) is 36.4 Å². The zero-order chi connectivity index (χ0) is 18.6. The summed E-state index contributed by atoms with van der Waals surface area (Å²) in [4.78, 5) is 16.9. The fourth-order valence-electron chi connectivity index (χ4n) is 2.99. The number of nitrogens with zero attached hydrogens (tertiary/aromatic N) is 4. The summed E-state index contributed by atoms with van der Waals surface area (Å²) in [6, 6.07) is 14.4. The normalized spacial score (nSPS) is 11.2. The van der Waals surface area contributed by atoms with Crippen LogP contribution < -0.4 is 5.32 Å². The number of nitrogens with one attached hydrogen (secondary N) is 1. The predicted molar refractivity (Wildman–Crippen MR) is 112 cm³/mol. The number of rotatable bonds is 6. The van der Waals surface area contributed by atoms with Crippen molar-refractivity contribution >= 4 is 27.4 Å². The number of anilines is 1. The van der Waals surface area contributed by atoms with Gasteiger partial charge in [-0.3, -0.25) is 4.98 Å². The molecule has 0 spiro atoms. The van der Waals surface area contributed by atoms with Crippen molar-refractivity contribution in [3.63, 3.8) is 0 Å². The van der Waals surface area contributed by atoms with Crippen LogP contribution in [0.4, 0.5) is 5.82 Å². The van der Waals surface area contributed by atoms with Gasteiger partial charge in [0.25, 0.3) is 0 Å². The molecular weight excluding hydrogens is 354 g/mol. The molecule has 3 heterocycles. The van der Waals surface area contributed by atoms with E-state index in [1.807, 2.05) is 32.4 Å². The van der Waals surface area contributed by atoms with E-state index in [9.17, 15) is 0 Å². The molecule has 0 unspecified atom stereocenters. The molecule has 5 nitrogen and oxygen atoms in total. The van der Waals surface area contributed by atoms with E-state index in [1.165, 1.54) is 11.1 Å². The molecule has 6 heteroatoms. The van der Waals surface area contributed by atoms with Crippen LogP contribution in [-0.2, 0) is 13.1 Å². The summed E-state index contributed by atoms with van der Waals surface area (Å²) >= 11 is 1.66. The summed E-state index contributed by atoms with van der Waals surface area (Å²) in [6.45, 7) is 1.38. The summed E-state index contributed by atoms with van der Waals surface area (Å²) in [5.41, 5.74) is 3.47. The topological polar surface area (TPSA) is 53.9 Å². The number of thiophene rings is 1. The second kappa shape index (κ2) is 7.82. The third-order valence-corrected chi connectivity index (χ3v) is 5.08. The van der Waals surface area contributed by atoms with Crippen molar-refractivity contribution in [2.45, 2.75) is 13.1 Å². The first kappa shape index (κ1) is 17.6. The minimum atomic E-state index is 0.672. The van der Waals surface area contributed by atoms with Gasteiger partial charge in [0.05, 0.1) is 11.9 Å². The van der Waals surface area contributed by atoms with E-state index in [2.05, 4.69) is 50.9 Å². The highest BCUT2D eigenvalue weighted by Crippen LogP contribution is 2.37. The molecule has 4 aromatic rings. The van der Waals surface area contributed by atoms with Crippen molar-refractivity contribution in [3.05, 3.63) is 71.6 Å². The molecule has 0 saturated heterocycles. The number of hydrogen-bond acceptors (Lipinski definition) is 6. The minimum Gasteiger partial charge on any atom is -0.365 e. The maximum atomic E-state index is 4.84. The Kier molecular flexibility index (Phi) is 5.09. The van der Waals surface area contributed by atoms with Crippen molar-refractivity contribution in [2.75, 3.05) is 19.4 Å². The van der Waals surface area contributed by atoms with E-state index >= 15 is 0 Å². The van der Waals surface area contributed by atoms with Gasteiger partial charge in [-0.25, -0.2) is 9.97 Å². The predicted octanol–water partition coefficient (Wildman–Crippen LogP) is 4.43. The molecule has 0 atom stereocenters. The second-order valence-corrected chi connectivity index (χ2v) is 7.49. The summed E-state index contributed by atoms with van der Waals surface area (Å²) < 4.78 is 0. The van der Waals surface area contributed by atoms with Crippen molar-refractivity contribution in [1.82, 2.24) is 19.9 Å².